The van der Waals surface area contributed by atoms with E-state index in [9.17, 15) is 19.5 Å². The van der Waals surface area contributed by atoms with Crippen LogP contribution in [0.1, 0.15) is 50.7 Å². The Kier molecular flexibility index (Phi) is 7.51. The minimum atomic E-state index is -1.11. The van der Waals surface area contributed by atoms with Gasteiger partial charge in [0, 0.05) is 5.92 Å². The van der Waals surface area contributed by atoms with Crippen molar-refractivity contribution >= 4 is 18.0 Å². The molecule has 2 atom stereocenters. The third-order valence-corrected chi connectivity index (χ3v) is 5.76. The van der Waals surface area contributed by atoms with Crippen LogP contribution in [0, 0.1) is 5.92 Å². The molecule has 0 aliphatic heterocycles. The average Bonchev–Trinajstić information content (AvgIpc) is 3.09. The summed E-state index contributed by atoms with van der Waals surface area (Å²) in [6.07, 6.45) is 0.318. The van der Waals surface area contributed by atoms with Crippen molar-refractivity contribution in [1.29, 1.82) is 0 Å². The highest BCUT2D eigenvalue weighted by molar-refractivity contribution is 5.89. The molecule has 0 aromatic heterocycles. The van der Waals surface area contributed by atoms with Gasteiger partial charge in [-0.25, -0.2) is 9.59 Å². The first-order chi connectivity index (χ1) is 15.3. The van der Waals surface area contributed by atoms with Gasteiger partial charge in [0.05, 0.1) is 0 Å². The maximum atomic E-state index is 12.6. The summed E-state index contributed by atoms with van der Waals surface area (Å²) in [6, 6.07) is 14.2. The van der Waals surface area contributed by atoms with Crippen molar-refractivity contribution in [2.45, 2.75) is 51.6 Å². The van der Waals surface area contributed by atoms with Crippen LogP contribution in [0.15, 0.2) is 48.5 Å². The number of alkyl carbamates (subject to hydrolysis) is 1. The Morgan fingerprint density at radius 1 is 0.969 bits per heavy atom. The molecule has 0 heterocycles. The second-order valence-corrected chi connectivity index (χ2v) is 8.38. The Labute approximate surface area is 188 Å². The van der Waals surface area contributed by atoms with Crippen molar-refractivity contribution in [1.82, 2.24) is 10.6 Å². The van der Waals surface area contributed by atoms with Gasteiger partial charge in [0.2, 0.25) is 5.91 Å². The fourth-order valence-corrected chi connectivity index (χ4v) is 4.11. The highest BCUT2D eigenvalue weighted by Crippen LogP contribution is 2.44. The predicted octanol–water partition coefficient (Wildman–Crippen LogP) is 3.92. The van der Waals surface area contributed by atoms with Crippen LogP contribution >= 0.6 is 0 Å². The highest BCUT2D eigenvalue weighted by Gasteiger charge is 2.31. The summed E-state index contributed by atoms with van der Waals surface area (Å²) in [5.74, 6) is -2.00. The molecule has 0 radical (unpaired) electrons. The molecule has 170 valence electrons. The van der Waals surface area contributed by atoms with Gasteiger partial charge < -0.3 is 20.5 Å². The Balaban J connectivity index is 1.65. The summed E-state index contributed by atoms with van der Waals surface area (Å²) in [7, 11) is 0. The number of fused-ring (bicyclic) bond motifs is 3. The largest absolute Gasteiger partial charge is 0.480 e. The molecule has 7 heteroatoms. The van der Waals surface area contributed by atoms with Gasteiger partial charge in [-0.2, -0.15) is 0 Å². The number of hydrogen-bond acceptors (Lipinski definition) is 4. The average molecular weight is 439 g/mol. The van der Waals surface area contributed by atoms with Crippen LogP contribution in [0.5, 0.6) is 0 Å². The zero-order valence-corrected chi connectivity index (χ0v) is 18.6. The number of aliphatic carboxylic acids is 1. The number of carboxylic acid groups (broad SMARTS) is 1. The Bertz CT molecular complexity index is 942. The number of ether oxygens (including phenoxy) is 1. The van der Waals surface area contributed by atoms with Crippen LogP contribution in [0.2, 0.25) is 0 Å². The van der Waals surface area contributed by atoms with Crippen molar-refractivity contribution in [2.24, 2.45) is 5.92 Å². The van der Waals surface area contributed by atoms with Gasteiger partial charge in [0.25, 0.3) is 0 Å². The molecule has 0 fully saturated rings. The number of amides is 2. The van der Waals surface area contributed by atoms with E-state index in [1.165, 1.54) is 0 Å². The second-order valence-electron chi connectivity index (χ2n) is 8.38. The number of hydrogen-bond donors (Lipinski definition) is 3. The molecule has 0 spiro atoms. The zero-order valence-electron chi connectivity index (χ0n) is 18.6. The number of carbonyl (C=O) groups excluding carboxylic acids is 2. The minimum absolute atomic E-state index is 0.0797. The lowest BCUT2D eigenvalue weighted by atomic mass is 9.98. The first-order valence-electron chi connectivity index (χ1n) is 11.0. The fraction of sp³-hybridized carbons (Fsp3) is 0.400. The molecule has 0 saturated heterocycles. The number of carboxylic acids is 1. The molecule has 1 aliphatic carbocycles. The summed E-state index contributed by atoms with van der Waals surface area (Å²) < 4.78 is 5.52. The van der Waals surface area contributed by atoms with Crippen LogP contribution in [-0.2, 0) is 14.3 Å². The minimum Gasteiger partial charge on any atom is -0.480 e. The molecule has 0 bridgehead atoms. The molecule has 1 aliphatic rings. The SMILES string of the molecule is CCC[C@H](NC(=O)OCC1c2ccccc2-c2ccccc21)C(=O)N[C@@H](C(=O)O)C(C)C. The normalized spacial score (nSPS) is 14.2. The second kappa shape index (κ2) is 10.3. The van der Waals surface area contributed by atoms with Gasteiger partial charge in [-0.3, -0.25) is 4.79 Å². The van der Waals surface area contributed by atoms with E-state index in [0.717, 1.165) is 22.3 Å². The number of benzene rings is 2. The van der Waals surface area contributed by atoms with Crippen LogP contribution in [0.25, 0.3) is 11.1 Å². The molecule has 0 unspecified atom stereocenters. The quantitative estimate of drug-likeness (QED) is 0.550. The van der Waals surface area contributed by atoms with Crippen molar-refractivity contribution in [3.63, 3.8) is 0 Å². The maximum Gasteiger partial charge on any atom is 0.407 e. The lowest BCUT2D eigenvalue weighted by Gasteiger charge is -2.23. The van der Waals surface area contributed by atoms with Gasteiger partial charge in [-0.15, -0.1) is 0 Å². The first kappa shape index (κ1) is 23.3. The summed E-state index contributed by atoms with van der Waals surface area (Å²) in [5, 5.41) is 14.5. The molecule has 32 heavy (non-hydrogen) atoms. The molecule has 2 amide bonds. The summed E-state index contributed by atoms with van der Waals surface area (Å²) in [4.78, 5) is 36.6. The van der Waals surface area contributed by atoms with Crippen molar-refractivity contribution in [3.8, 4) is 11.1 Å². The summed E-state index contributed by atoms with van der Waals surface area (Å²) in [5.41, 5.74) is 4.47. The maximum absolute atomic E-state index is 12.6. The summed E-state index contributed by atoms with van der Waals surface area (Å²) >= 11 is 0. The smallest absolute Gasteiger partial charge is 0.407 e. The van der Waals surface area contributed by atoms with Crippen LogP contribution in [-0.4, -0.2) is 41.8 Å². The Morgan fingerprint density at radius 3 is 2.03 bits per heavy atom. The van der Waals surface area contributed by atoms with Gasteiger partial charge in [-0.1, -0.05) is 75.7 Å². The van der Waals surface area contributed by atoms with E-state index in [-0.39, 0.29) is 18.4 Å². The van der Waals surface area contributed by atoms with E-state index in [4.69, 9.17) is 4.74 Å². The summed E-state index contributed by atoms with van der Waals surface area (Å²) in [6.45, 7) is 5.46. The van der Waals surface area contributed by atoms with Crippen LogP contribution in [0.4, 0.5) is 4.79 Å². The lowest BCUT2D eigenvalue weighted by Crippen LogP contribution is -2.53. The van der Waals surface area contributed by atoms with E-state index in [1.54, 1.807) is 13.8 Å². The van der Waals surface area contributed by atoms with E-state index >= 15 is 0 Å². The standard InChI is InChI=1S/C25H30N2O5/c1-4-9-21(23(28)27-22(15(2)3)24(29)30)26-25(31)32-14-20-18-12-7-5-10-16(18)17-11-6-8-13-19(17)20/h5-8,10-13,15,20-22H,4,9,14H2,1-3H3,(H,26,31)(H,27,28)(H,29,30)/t21-,22+/m0/s1. The van der Waals surface area contributed by atoms with Crippen LogP contribution < -0.4 is 10.6 Å². The topological polar surface area (TPSA) is 105 Å². The van der Waals surface area contributed by atoms with Gasteiger partial charge in [-0.05, 0) is 34.6 Å². The van der Waals surface area contributed by atoms with E-state index in [0.29, 0.717) is 12.8 Å². The molecule has 7 nitrogen and oxygen atoms in total. The van der Waals surface area contributed by atoms with Gasteiger partial charge in [0.1, 0.15) is 18.7 Å². The zero-order chi connectivity index (χ0) is 23.3. The molecule has 0 saturated carbocycles. The lowest BCUT2D eigenvalue weighted by molar-refractivity contribution is -0.143. The van der Waals surface area contributed by atoms with Gasteiger partial charge in [0.15, 0.2) is 0 Å². The third kappa shape index (κ3) is 5.10. The molecular formula is C25H30N2O5. The van der Waals surface area contributed by atoms with Crippen molar-refractivity contribution in [3.05, 3.63) is 59.7 Å². The number of carbonyl (C=O) groups is 3. The van der Waals surface area contributed by atoms with Crippen LogP contribution in [0.3, 0.4) is 0 Å². The van der Waals surface area contributed by atoms with Gasteiger partial charge >= 0.3 is 12.1 Å². The molecule has 2 aromatic carbocycles. The molecule has 2 aromatic rings. The van der Waals surface area contributed by atoms with E-state index in [2.05, 4.69) is 22.8 Å². The molecular weight excluding hydrogens is 408 g/mol. The Hall–Kier alpha value is -3.35. The van der Waals surface area contributed by atoms with Crippen molar-refractivity contribution < 1.29 is 24.2 Å². The van der Waals surface area contributed by atoms with Crippen molar-refractivity contribution in [2.75, 3.05) is 6.61 Å². The molecule has 3 rings (SSSR count). The number of rotatable bonds is 9. The molecule has 3 N–H and O–H groups in total. The Morgan fingerprint density at radius 2 is 1.53 bits per heavy atom. The fourth-order valence-electron chi connectivity index (χ4n) is 4.11. The van der Waals surface area contributed by atoms with E-state index in [1.807, 2.05) is 43.3 Å². The third-order valence-electron chi connectivity index (χ3n) is 5.76. The first-order valence-corrected chi connectivity index (χ1v) is 11.0. The predicted molar refractivity (Wildman–Crippen MR) is 121 cm³/mol. The monoisotopic (exact) mass is 438 g/mol. The number of nitrogens with one attached hydrogen (secondary N) is 2. The van der Waals surface area contributed by atoms with E-state index < -0.39 is 30.1 Å². The highest BCUT2D eigenvalue weighted by atomic mass is 16.5.